The maximum Gasteiger partial charge on any atom is 0.344 e. The second-order valence-corrected chi connectivity index (χ2v) is 4.96. The van der Waals surface area contributed by atoms with Crippen molar-refractivity contribution < 1.29 is 28.2 Å². The van der Waals surface area contributed by atoms with Gasteiger partial charge in [-0.1, -0.05) is 12.1 Å². The van der Waals surface area contributed by atoms with E-state index in [2.05, 4.69) is 10.5 Å². The minimum atomic E-state index is -1.02. The number of carbonyl (C=O) groups is 2. The van der Waals surface area contributed by atoms with E-state index >= 15 is 0 Å². The topological polar surface area (TPSA) is 125 Å². The lowest BCUT2D eigenvalue weighted by Crippen LogP contribution is -2.21. The Bertz CT molecular complexity index is 833. The van der Waals surface area contributed by atoms with Crippen LogP contribution >= 0.6 is 0 Å². The summed E-state index contributed by atoms with van der Waals surface area (Å²) in [6.45, 7) is 2.69. The van der Waals surface area contributed by atoms with Gasteiger partial charge in [-0.2, -0.15) is 4.39 Å². The molecule has 1 aromatic heterocycles. The summed E-state index contributed by atoms with van der Waals surface area (Å²) in [5.41, 5.74) is -0.197. The smallest absolute Gasteiger partial charge is 0.344 e. The molecule has 10 heteroatoms. The molecular weight excluding hydrogens is 337 g/mol. The maximum absolute atomic E-state index is 13.2. The van der Waals surface area contributed by atoms with Crippen molar-refractivity contribution >= 4 is 23.3 Å². The molecule has 0 aliphatic heterocycles. The van der Waals surface area contributed by atoms with Gasteiger partial charge in [0.15, 0.2) is 6.61 Å². The largest absolute Gasteiger partial charge is 0.452 e. The van der Waals surface area contributed by atoms with Crippen LogP contribution in [0, 0.1) is 22.9 Å². The Balaban J connectivity index is 1.99. The van der Waals surface area contributed by atoms with Gasteiger partial charge < -0.3 is 14.6 Å². The fourth-order valence-corrected chi connectivity index (χ4v) is 2.05. The highest BCUT2D eigenvalue weighted by Gasteiger charge is 2.21. The van der Waals surface area contributed by atoms with E-state index in [-0.39, 0.29) is 17.0 Å². The van der Waals surface area contributed by atoms with Crippen molar-refractivity contribution in [3.8, 4) is 0 Å². The number of rotatable bonds is 6. The molecule has 0 fully saturated rings. The van der Waals surface area contributed by atoms with Gasteiger partial charge in [0, 0.05) is 11.8 Å². The van der Waals surface area contributed by atoms with Crippen LogP contribution in [0.2, 0.25) is 0 Å². The summed E-state index contributed by atoms with van der Waals surface area (Å²) in [5, 5.41) is 16.7. The molecule has 1 heterocycles. The van der Waals surface area contributed by atoms with Gasteiger partial charge in [0.1, 0.15) is 11.3 Å². The predicted molar refractivity (Wildman–Crippen MR) is 82.6 cm³/mol. The Morgan fingerprint density at radius 3 is 2.80 bits per heavy atom. The first kappa shape index (κ1) is 18.0. The highest BCUT2D eigenvalue weighted by molar-refractivity contribution is 5.96. The molecule has 0 atom stereocenters. The summed E-state index contributed by atoms with van der Waals surface area (Å²) in [5.74, 6) is -2.25. The van der Waals surface area contributed by atoms with Crippen molar-refractivity contribution in [3.63, 3.8) is 0 Å². The van der Waals surface area contributed by atoms with Crippen LogP contribution in [0.1, 0.15) is 28.7 Å². The summed E-state index contributed by atoms with van der Waals surface area (Å²) >= 11 is 0. The van der Waals surface area contributed by atoms with Crippen LogP contribution < -0.4 is 5.32 Å². The van der Waals surface area contributed by atoms with Gasteiger partial charge in [0.05, 0.1) is 10.6 Å². The monoisotopic (exact) mass is 351 g/mol. The van der Waals surface area contributed by atoms with Crippen molar-refractivity contribution in [1.82, 2.24) is 5.16 Å². The molecule has 0 aliphatic carbocycles. The number of nitrogens with zero attached hydrogens (tertiary/aromatic N) is 2. The Labute approximate surface area is 140 Å². The fraction of sp³-hybridized carbons (Fsp3) is 0.267. The zero-order chi connectivity index (χ0) is 18.6. The minimum Gasteiger partial charge on any atom is -0.452 e. The first-order chi connectivity index (χ1) is 11.8. The molecule has 25 heavy (non-hydrogen) atoms. The molecule has 9 nitrogen and oxygen atoms in total. The summed E-state index contributed by atoms with van der Waals surface area (Å²) in [7, 11) is 0. The third kappa shape index (κ3) is 4.16. The number of hydrogen-bond acceptors (Lipinski definition) is 7. The molecule has 0 unspecified atom stereocenters. The Morgan fingerprint density at radius 2 is 2.16 bits per heavy atom. The zero-order valence-electron chi connectivity index (χ0n) is 13.4. The lowest BCUT2D eigenvalue weighted by atomic mass is 10.1. The van der Waals surface area contributed by atoms with E-state index in [4.69, 9.17) is 9.26 Å². The Kier molecular flexibility index (Phi) is 5.42. The summed E-state index contributed by atoms with van der Waals surface area (Å²) < 4.78 is 23.0. The lowest BCUT2D eigenvalue weighted by molar-refractivity contribution is -0.387. The van der Waals surface area contributed by atoms with Crippen molar-refractivity contribution in [1.29, 1.82) is 0 Å². The Hall–Kier alpha value is -3.30. The van der Waals surface area contributed by atoms with Gasteiger partial charge in [-0.15, -0.1) is 0 Å². The second kappa shape index (κ2) is 7.51. The number of aromatic nitrogens is 1. The number of anilines is 1. The first-order valence-corrected chi connectivity index (χ1v) is 7.19. The van der Waals surface area contributed by atoms with Crippen LogP contribution in [0.4, 0.5) is 15.8 Å². The number of nitro benzene ring substituents is 1. The van der Waals surface area contributed by atoms with Crippen molar-refractivity contribution in [3.05, 3.63) is 51.1 Å². The number of esters is 1. The van der Waals surface area contributed by atoms with Gasteiger partial charge in [0.2, 0.25) is 5.82 Å². The average molecular weight is 351 g/mol. The molecule has 1 aromatic carbocycles. The maximum atomic E-state index is 13.2. The lowest BCUT2D eigenvalue weighted by Gasteiger charge is -2.07. The molecule has 0 saturated carbocycles. The van der Waals surface area contributed by atoms with Gasteiger partial charge in [-0.25, -0.2) is 4.79 Å². The number of halogens is 1. The van der Waals surface area contributed by atoms with E-state index in [1.165, 1.54) is 0 Å². The van der Waals surface area contributed by atoms with Gasteiger partial charge >= 0.3 is 11.7 Å². The molecule has 132 valence electrons. The number of nitro groups is 1. The molecule has 0 radical (unpaired) electrons. The molecule has 0 spiro atoms. The molecule has 1 N–H and O–H groups in total. The quantitative estimate of drug-likeness (QED) is 0.481. The van der Waals surface area contributed by atoms with E-state index in [0.717, 1.165) is 18.2 Å². The van der Waals surface area contributed by atoms with Crippen LogP contribution in [-0.4, -0.2) is 28.6 Å². The van der Waals surface area contributed by atoms with Crippen molar-refractivity contribution in [2.45, 2.75) is 20.3 Å². The molecular formula is C15H14FN3O6. The first-order valence-electron chi connectivity index (χ1n) is 7.19. The van der Waals surface area contributed by atoms with Gasteiger partial charge in [-0.3, -0.25) is 14.9 Å². The summed E-state index contributed by atoms with van der Waals surface area (Å²) in [6, 6.07) is 2.88. The molecule has 2 aromatic rings. The summed E-state index contributed by atoms with van der Waals surface area (Å²) in [6.07, 6.45) is 0.452. The number of benzene rings is 1. The van der Waals surface area contributed by atoms with Crippen LogP contribution in [0.25, 0.3) is 0 Å². The number of carbonyl (C=O) groups excluding carboxylic acids is 2. The summed E-state index contributed by atoms with van der Waals surface area (Å²) in [4.78, 5) is 33.6. The number of nitrogens with one attached hydrogen (secondary N) is 1. The highest BCUT2D eigenvalue weighted by atomic mass is 19.1. The molecule has 0 aliphatic rings. The SMILES string of the molecule is CCc1noc(C)c1C(=O)OCC(=O)Nc1ccc(F)c([N+](=O)[O-])c1. The molecule has 0 saturated heterocycles. The zero-order valence-corrected chi connectivity index (χ0v) is 13.4. The third-order valence-electron chi connectivity index (χ3n) is 3.23. The van der Waals surface area contributed by atoms with E-state index in [1.54, 1.807) is 13.8 Å². The highest BCUT2D eigenvalue weighted by Crippen LogP contribution is 2.21. The average Bonchev–Trinajstić information content (AvgIpc) is 2.95. The van der Waals surface area contributed by atoms with E-state index < -0.39 is 34.9 Å². The number of amides is 1. The number of hydrogen-bond donors (Lipinski definition) is 1. The van der Waals surface area contributed by atoms with Crippen LogP contribution in [0.3, 0.4) is 0 Å². The van der Waals surface area contributed by atoms with Crippen LogP contribution in [0.5, 0.6) is 0 Å². The van der Waals surface area contributed by atoms with Crippen LogP contribution in [0.15, 0.2) is 22.7 Å². The molecule has 2 rings (SSSR count). The predicted octanol–water partition coefficient (Wildman–Crippen LogP) is 2.39. The normalized spacial score (nSPS) is 10.4. The minimum absolute atomic E-state index is 0.00422. The third-order valence-corrected chi connectivity index (χ3v) is 3.23. The van der Waals surface area contributed by atoms with Gasteiger partial charge in [-0.05, 0) is 25.5 Å². The van der Waals surface area contributed by atoms with Crippen molar-refractivity contribution in [2.75, 3.05) is 11.9 Å². The molecule has 1 amide bonds. The van der Waals surface area contributed by atoms with Crippen LogP contribution in [-0.2, 0) is 16.0 Å². The van der Waals surface area contributed by atoms with Crippen molar-refractivity contribution in [2.24, 2.45) is 0 Å². The van der Waals surface area contributed by atoms with Gasteiger partial charge in [0.25, 0.3) is 5.91 Å². The number of ether oxygens (including phenoxy) is 1. The second-order valence-electron chi connectivity index (χ2n) is 4.96. The standard InChI is InChI=1S/C15H14FN3O6/c1-3-11-14(8(2)25-18-11)15(21)24-7-13(20)17-9-4-5-10(16)12(6-9)19(22)23/h4-6H,3,7H2,1-2H3,(H,17,20). The number of aryl methyl sites for hydroxylation is 2. The van der Waals surface area contributed by atoms with E-state index in [0.29, 0.717) is 12.1 Å². The molecule has 0 bridgehead atoms. The van der Waals surface area contributed by atoms with E-state index in [9.17, 15) is 24.1 Å². The van der Waals surface area contributed by atoms with E-state index in [1.807, 2.05) is 0 Å². The fourth-order valence-electron chi connectivity index (χ4n) is 2.05. The Morgan fingerprint density at radius 1 is 1.44 bits per heavy atom.